The number of halogens is 1. The van der Waals surface area contributed by atoms with Gasteiger partial charge in [-0.1, -0.05) is 16.7 Å². The summed E-state index contributed by atoms with van der Waals surface area (Å²) in [7, 11) is 0. The van der Waals surface area contributed by atoms with Gasteiger partial charge in [-0.2, -0.15) is 0 Å². The third-order valence-electron chi connectivity index (χ3n) is 2.33. The van der Waals surface area contributed by atoms with Crippen molar-refractivity contribution in [2.75, 3.05) is 0 Å². The van der Waals surface area contributed by atoms with E-state index in [1.54, 1.807) is 24.5 Å². The molecule has 1 amide bonds. The summed E-state index contributed by atoms with van der Waals surface area (Å²) in [5.41, 5.74) is 0.670. The first-order valence-corrected chi connectivity index (χ1v) is 5.59. The van der Waals surface area contributed by atoms with Crippen molar-refractivity contribution in [1.29, 1.82) is 0 Å². The molecule has 0 unspecified atom stereocenters. The molecule has 0 atom stereocenters. The van der Waals surface area contributed by atoms with Gasteiger partial charge in [0.2, 0.25) is 0 Å². The van der Waals surface area contributed by atoms with E-state index < -0.39 is 16.6 Å². The highest BCUT2D eigenvalue weighted by Gasteiger charge is 2.24. The largest absolute Gasteiger partial charge is 0.362 e. The number of pyridine rings is 1. The van der Waals surface area contributed by atoms with E-state index in [9.17, 15) is 14.9 Å². The summed E-state index contributed by atoms with van der Waals surface area (Å²) in [5.74, 6) is -1.08. The normalized spacial score (nSPS) is 10.2. The van der Waals surface area contributed by atoms with E-state index in [2.05, 4.69) is 20.5 Å². The maximum absolute atomic E-state index is 11.8. The summed E-state index contributed by atoms with van der Waals surface area (Å²) < 4.78 is 0. The van der Waals surface area contributed by atoms with Crippen molar-refractivity contribution in [2.45, 2.75) is 6.54 Å². The number of H-pyrrole nitrogens is 2. The lowest BCUT2D eigenvalue weighted by atomic mass is 10.2. The predicted octanol–water partition coefficient (Wildman–Crippen LogP) is 0.715. The number of aromatic nitrogens is 3. The lowest BCUT2D eigenvalue weighted by molar-refractivity contribution is -0.389. The first-order valence-electron chi connectivity index (χ1n) is 5.21. The summed E-state index contributed by atoms with van der Waals surface area (Å²) >= 11 is 5.69. The molecule has 0 saturated carbocycles. The Morgan fingerprint density at radius 1 is 1.53 bits per heavy atom. The molecule has 3 N–H and O–H groups in total. The van der Waals surface area contributed by atoms with Crippen LogP contribution in [0.15, 0.2) is 24.5 Å². The van der Waals surface area contributed by atoms with Gasteiger partial charge in [0.15, 0.2) is 23.1 Å². The predicted molar refractivity (Wildman–Crippen MR) is 64.4 cm³/mol. The molecular formula is C10H9ClN5O3+. The fourth-order valence-electron chi connectivity index (χ4n) is 1.40. The first-order chi connectivity index (χ1) is 9.09. The van der Waals surface area contributed by atoms with Crippen molar-refractivity contribution in [3.05, 3.63) is 50.9 Å². The first kappa shape index (κ1) is 13.0. The number of carbonyl (C=O) groups is 1. The molecule has 0 bridgehead atoms. The Hall–Kier alpha value is -2.48. The van der Waals surface area contributed by atoms with E-state index in [-0.39, 0.29) is 17.3 Å². The Morgan fingerprint density at radius 3 is 2.79 bits per heavy atom. The minimum atomic E-state index is -0.737. The van der Waals surface area contributed by atoms with E-state index in [4.69, 9.17) is 11.6 Å². The molecule has 9 heteroatoms. The van der Waals surface area contributed by atoms with Gasteiger partial charge in [-0.15, -0.1) is 5.10 Å². The van der Waals surface area contributed by atoms with E-state index >= 15 is 0 Å². The van der Waals surface area contributed by atoms with Crippen molar-refractivity contribution in [1.82, 2.24) is 15.5 Å². The van der Waals surface area contributed by atoms with E-state index in [1.807, 2.05) is 0 Å². The Morgan fingerprint density at radius 2 is 2.21 bits per heavy atom. The van der Waals surface area contributed by atoms with Gasteiger partial charge in [0.25, 0.3) is 5.91 Å². The summed E-state index contributed by atoms with van der Waals surface area (Å²) in [6.45, 7) is 0.268. The summed E-state index contributed by atoms with van der Waals surface area (Å²) in [6, 6.07) is 3.57. The molecule has 0 fully saturated rings. The van der Waals surface area contributed by atoms with Crippen LogP contribution in [0.4, 0.5) is 5.82 Å². The minimum Gasteiger partial charge on any atom is -0.358 e. The van der Waals surface area contributed by atoms with Crippen LogP contribution in [-0.2, 0) is 6.54 Å². The number of carbonyl (C=O) groups excluding carboxylic acids is 1. The fourth-order valence-corrected chi connectivity index (χ4v) is 1.64. The van der Waals surface area contributed by atoms with Gasteiger partial charge < -0.3 is 15.4 Å². The second-order valence-corrected chi connectivity index (χ2v) is 3.96. The van der Waals surface area contributed by atoms with Crippen molar-refractivity contribution >= 4 is 23.3 Å². The smallest absolute Gasteiger partial charge is 0.358 e. The van der Waals surface area contributed by atoms with Crippen LogP contribution >= 0.6 is 11.6 Å². The number of hydrogen-bond acceptors (Lipinski definition) is 4. The van der Waals surface area contributed by atoms with Crippen LogP contribution in [0.3, 0.4) is 0 Å². The van der Waals surface area contributed by atoms with Gasteiger partial charge in [0.1, 0.15) is 0 Å². The van der Waals surface area contributed by atoms with Crippen LogP contribution < -0.4 is 10.3 Å². The van der Waals surface area contributed by atoms with E-state index in [0.717, 1.165) is 5.56 Å². The monoisotopic (exact) mass is 282 g/mol. The molecule has 0 saturated heterocycles. The van der Waals surface area contributed by atoms with E-state index in [1.165, 1.54) is 0 Å². The van der Waals surface area contributed by atoms with Crippen molar-refractivity contribution in [2.24, 2.45) is 0 Å². The number of aromatic amines is 2. The number of amides is 1. The zero-order valence-electron chi connectivity index (χ0n) is 9.51. The maximum atomic E-state index is 11.8. The van der Waals surface area contributed by atoms with Gasteiger partial charge >= 0.3 is 5.82 Å². The molecule has 19 heavy (non-hydrogen) atoms. The van der Waals surface area contributed by atoms with Crippen molar-refractivity contribution < 1.29 is 14.7 Å². The van der Waals surface area contributed by atoms with Crippen molar-refractivity contribution in [3.63, 3.8) is 0 Å². The highest BCUT2D eigenvalue weighted by molar-refractivity contribution is 6.35. The highest BCUT2D eigenvalue weighted by atomic mass is 35.5. The molecule has 8 nitrogen and oxygen atoms in total. The maximum Gasteiger partial charge on any atom is 0.362 e. The zero-order valence-corrected chi connectivity index (χ0v) is 10.3. The molecule has 98 valence electrons. The minimum absolute atomic E-state index is 0.198. The second kappa shape index (κ2) is 5.44. The highest BCUT2D eigenvalue weighted by Crippen LogP contribution is 2.24. The van der Waals surface area contributed by atoms with Gasteiger partial charge in [-0.3, -0.25) is 4.79 Å². The van der Waals surface area contributed by atoms with Gasteiger partial charge in [0.05, 0.1) is 0 Å². The second-order valence-electron chi connectivity index (χ2n) is 3.58. The molecule has 0 aliphatic rings. The van der Waals surface area contributed by atoms with Crippen LogP contribution in [0.2, 0.25) is 5.02 Å². The summed E-state index contributed by atoms with van der Waals surface area (Å²) in [6.07, 6.45) is 3.43. The summed E-state index contributed by atoms with van der Waals surface area (Å²) in [5, 5.41) is 18.5. The Labute approximate surface area is 112 Å². The molecule has 2 rings (SSSR count). The molecular weight excluding hydrogens is 274 g/mol. The number of nitrogens with zero attached hydrogens (tertiary/aromatic N) is 2. The van der Waals surface area contributed by atoms with Crippen LogP contribution in [0.25, 0.3) is 0 Å². The molecule has 0 spiro atoms. The lowest BCUT2D eigenvalue weighted by Crippen LogP contribution is -2.23. The van der Waals surface area contributed by atoms with Crippen LogP contribution in [0.5, 0.6) is 0 Å². The quantitative estimate of drug-likeness (QED) is 0.635. The lowest BCUT2D eigenvalue weighted by Gasteiger charge is -2.01. The average molecular weight is 283 g/mol. The summed E-state index contributed by atoms with van der Waals surface area (Å²) in [4.78, 5) is 24.4. The van der Waals surface area contributed by atoms with Crippen LogP contribution in [0, 0.1) is 10.1 Å². The Balaban J connectivity index is 2.07. The molecule has 0 radical (unpaired) electrons. The Kier molecular flexibility index (Phi) is 3.71. The molecule has 0 aliphatic heterocycles. The van der Waals surface area contributed by atoms with Crippen LogP contribution in [-0.4, -0.2) is 21.0 Å². The molecule has 2 aromatic heterocycles. The topological polar surface area (TPSA) is 115 Å². The number of nitro groups is 1. The third kappa shape index (κ3) is 2.86. The fraction of sp³-hybridized carbons (Fsp3) is 0.100. The molecule has 0 aliphatic carbocycles. The van der Waals surface area contributed by atoms with Gasteiger partial charge in [-0.05, 0) is 10.5 Å². The average Bonchev–Trinajstić information content (AvgIpc) is 2.79. The third-order valence-corrected chi connectivity index (χ3v) is 2.69. The van der Waals surface area contributed by atoms with E-state index in [0.29, 0.717) is 0 Å². The molecule has 0 aromatic carbocycles. The molecule has 2 heterocycles. The number of hydrogen-bond donors (Lipinski definition) is 2. The number of nitrogens with one attached hydrogen (secondary N) is 3. The Bertz CT molecular complexity index is 613. The molecule has 2 aromatic rings. The van der Waals surface area contributed by atoms with Crippen LogP contribution in [0.1, 0.15) is 16.1 Å². The number of rotatable bonds is 4. The van der Waals surface area contributed by atoms with Gasteiger partial charge in [0, 0.05) is 18.7 Å². The van der Waals surface area contributed by atoms with Gasteiger partial charge in [-0.25, -0.2) is 4.98 Å². The van der Waals surface area contributed by atoms with Crippen molar-refractivity contribution in [3.8, 4) is 0 Å². The SMILES string of the molecule is O=C(NCc1cc[nH+]cc1)c1n[nH]c([N+](=O)[O-])c1Cl. The zero-order chi connectivity index (χ0) is 13.8. The standard InChI is InChI=1S/C10H8ClN5O3/c11-7-8(14-15-9(7)16(18)19)10(17)13-5-6-1-3-12-4-2-6/h1-4H,5H2,(H,13,17)(H,14,15)/p+1.